The van der Waals surface area contributed by atoms with E-state index in [9.17, 15) is 0 Å². The molecule has 2 aromatic rings. The highest BCUT2D eigenvalue weighted by molar-refractivity contribution is 6.00. The first kappa shape index (κ1) is 16.9. The van der Waals surface area contributed by atoms with Gasteiger partial charge in [0.25, 0.3) is 0 Å². The Hall–Kier alpha value is -2.53. The number of nitrogens with zero attached hydrogens (tertiary/aromatic N) is 2. The maximum Gasteiger partial charge on any atom is 0.129 e. The lowest BCUT2D eigenvalue weighted by molar-refractivity contribution is 0.0771. The Bertz CT molecular complexity index is 809. The van der Waals surface area contributed by atoms with E-state index in [0.29, 0.717) is 0 Å². The molecule has 0 unspecified atom stereocenters. The molecule has 26 heavy (non-hydrogen) atoms. The van der Waals surface area contributed by atoms with Gasteiger partial charge in [0.15, 0.2) is 0 Å². The first-order valence-corrected chi connectivity index (χ1v) is 9.21. The molecular formula is C21H26N4O. The number of benzene rings is 2. The molecule has 0 amide bonds. The van der Waals surface area contributed by atoms with Crippen LogP contribution >= 0.6 is 0 Å². The summed E-state index contributed by atoms with van der Waals surface area (Å²) in [6.07, 6.45) is 1.84. The Labute approximate surface area is 155 Å². The zero-order chi connectivity index (χ0) is 18.0. The van der Waals surface area contributed by atoms with Gasteiger partial charge in [-0.25, -0.2) is 4.99 Å². The molecule has 5 nitrogen and oxygen atoms in total. The predicted molar refractivity (Wildman–Crippen MR) is 108 cm³/mol. The summed E-state index contributed by atoms with van der Waals surface area (Å²) in [7, 11) is 4.13. The Morgan fingerprint density at radius 2 is 1.92 bits per heavy atom. The maximum absolute atomic E-state index is 5.61. The van der Waals surface area contributed by atoms with Crippen LogP contribution in [0.15, 0.2) is 53.5 Å². The van der Waals surface area contributed by atoms with Crippen LogP contribution in [0.3, 0.4) is 0 Å². The molecule has 0 bridgehead atoms. The molecule has 2 aromatic carbocycles. The maximum atomic E-state index is 5.61. The first-order chi connectivity index (χ1) is 12.7. The number of amidine groups is 1. The first-order valence-electron chi connectivity index (χ1n) is 9.21. The van der Waals surface area contributed by atoms with Crippen molar-refractivity contribution in [2.45, 2.75) is 24.9 Å². The number of aliphatic imine (C=N–C) groups is 1. The van der Waals surface area contributed by atoms with E-state index in [2.05, 4.69) is 72.1 Å². The summed E-state index contributed by atoms with van der Waals surface area (Å²) in [6.45, 7) is 2.27. The molecule has 5 heteroatoms. The average molecular weight is 350 g/mol. The van der Waals surface area contributed by atoms with E-state index >= 15 is 0 Å². The number of hydrogen-bond donors (Lipinski definition) is 2. The monoisotopic (exact) mass is 350 g/mol. The van der Waals surface area contributed by atoms with Crippen molar-refractivity contribution in [1.29, 1.82) is 0 Å². The average Bonchev–Trinajstić information content (AvgIpc) is 2.67. The van der Waals surface area contributed by atoms with Gasteiger partial charge in [-0.3, -0.25) is 0 Å². The highest BCUT2D eigenvalue weighted by Gasteiger charge is 2.40. The third-order valence-electron chi connectivity index (χ3n) is 5.20. The molecule has 0 aromatic heterocycles. The standard InChI is InChI=1S/C21H26N4O/c1-25(2)17-7-5-6-16(14-17)15-22-20-21(10-12-26-13-11-21)24-19-9-4-3-8-18(19)23-20/h3-9,14,24H,10-13,15H2,1-2H3,(H,22,23). The molecule has 2 heterocycles. The summed E-state index contributed by atoms with van der Waals surface area (Å²) in [4.78, 5) is 7.10. The fourth-order valence-corrected chi connectivity index (χ4v) is 3.64. The van der Waals surface area contributed by atoms with Crippen LogP contribution in [0.2, 0.25) is 0 Å². The number of rotatable bonds is 3. The summed E-state index contributed by atoms with van der Waals surface area (Å²) in [5.41, 5.74) is 4.40. The molecule has 2 aliphatic rings. The molecule has 0 aliphatic carbocycles. The summed E-state index contributed by atoms with van der Waals surface area (Å²) in [6, 6.07) is 16.8. The Morgan fingerprint density at radius 1 is 1.12 bits per heavy atom. The van der Waals surface area contributed by atoms with E-state index < -0.39 is 0 Å². The molecule has 136 valence electrons. The smallest absolute Gasteiger partial charge is 0.129 e. The third kappa shape index (κ3) is 3.27. The highest BCUT2D eigenvalue weighted by atomic mass is 16.5. The molecular weight excluding hydrogens is 324 g/mol. The molecule has 0 atom stereocenters. The normalized spacial score (nSPS) is 17.8. The lowest BCUT2D eigenvalue weighted by Gasteiger charge is -2.42. The van der Waals surface area contributed by atoms with Gasteiger partial charge >= 0.3 is 0 Å². The number of para-hydroxylation sites is 2. The number of nitrogens with one attached hydrogen (secondary N) is 2. The zero-order valence-corrected chi connectivity index (χ0v) is 15.5. The minimum Gasteiger partial charge on any atom is -0.381 e. The lowest BCUT2D eigenvalue weighted by Crippen LogP contribution is -2.56. The second-order valence-electron chi connectivity index (χ2n) is 7.21. The van der Waals surface area contributed by atoms with Crippen LogP contribution in [0.5, 0.6) is 0 Å². The SMILES string of the molecule is CN(C)c1cccc(CNC2=Nc3ccccc3NC23CCOCC3)c1. The molecule has 1 saturated heterocycles. The molecule has 0 radical (unpaired) electrons. The second kappa shape index (κ2) is 7.00. The zero-order valence-electron chi connectivity index (χ0n) is 15.5. The van der Waals surface area contributed by atoms with Gasteiger partial charge in [-0.1, -0.05) is 24.3 Å². The quantitative estimate of drug-likeness (QED) is 0.889. The van der Waals surface area contributed by atoms with Gasteiger partial charge in [0, 0.05) is 52.4 Å². The van der Waals surface area contributed by atoms with Crippen LogP contribution in [0, 0.1) is 0 Å². The fourth-order valence-electron chi connectivity index (χ4n) is 3.64. The van der Waals surface area contributed by atoms with Gasteiger partial charge in [0.05, 0.1) is 16.9 Å². The number of hydrogen-bond acceptors (Lipinski definition) is 5. The number of ether oxygens (including phenoxy) is 1. The molecule has 2 N–H and O–H groups in total. The van der Waals surface area contributed by atoms with Crippen molar-refractivity contribution in [3.63, 3.8) is 0 Å². The highest BCUT2D eigenvalue weighted by Crippen LogP contribution is 2.37. The van der Waals surface area contributed by atoms with Crippen molar-refractivity contribution < 1.29 is 4.74 Å². The van der Waals surface area contributed by atoms with Crippen LogP contribution in [-0.4, -0.2) is 38.7 Å². The van der Waals surface area contributed by atoms with E-state index in [1.807, 2.05) is 6.07 Å². The van der Waals surface area contributed by atoms with Gasteiger partial charge in [-0.2, -0.15) is 0 Å². The summed E-state index contributed by atoms with van der Waals surface area (Å²) >= 11 is 0. The van der Waals surface area contributed by atoms with Crippen molar-refractivity contribution in [2.75, 3.05) is 37.5 Å². The predicted octanol–water partition coefficient (Wildman–Crippen LogP) is 3.55. The van der Waals surface area contributed by atoms with Gasteiger partial charge in [-0.05, 0) is 29.8 Å². The molecule has 4 rings (SSSR count). The lowest BCUT2D eigenvalue weighted by atomic mass is 9.86. The van der Waals surface area contributed by atoms with Crippen LogP contribution in [0.4, 0.5) is 17.1 Å². The Kier molecular flexibility index (Phi) is 4.55. The van der Waals surface area contributed by atoms with Crippen LogP contribution < -0.4 is 15.5 Å². The minimum absolute atomic E-state index is 0.161. The largest absolute Gasteiger partial charge is 0.381 e. The van der Waals surface area contributed by atoms with Crippen LogP contribution in [0.1, 0.15) is 18.4 Å². The van der Waals surface area contributed by atoms with E-state index in [1.54, 1.807) is 0 Å². The second-order valence-corrected chi connectivity index (χ2v) is 7.21. The molecule has 2 aliphatic heterocycles. The van der Waals surface area contributed by atoms with Crippen molar-refractivity contribution >= 4 is 22.9 Å². The minimum atomic E-state index is -0.161. The summed E-state index contributed by atoms with van der Waals surface area (Å²) < 4.78 is 5.61. The van der Waals surface area contributed by atoms with Crippen molar-refractivity contribution in [1.82, 2.24) is 5.32 Å². The van der Waals surface area contributed by atoms with Gasteiger partial charge < -0.3 is 20.3 Å². The van der Waals surface area contributed by atoms with Gasteiger partial charge in [0.2, 0.25) is 0 Å². The third-order valence-corrected chi connectivity index (χ3v) is 5.20. The van der Waals surface area contributed by atoms with Crippen molar-refractivity contribution in [3.05, 3.63) is 54.1 Å². The van der Waals surface area contributed by atoms with Crippen LogP contribution in [-0.2, 0) is 11.3 Å². The Morgan fingerprint density at radius 3 is 2.73 bits per heavy atom. The van der Waals surface area contributed by atoms with E-state index in [1.165, 1.54) is 11.3 Å². The summed E-state index contributed by atoms with van der Waals surface area (Å²) in [5.74, 6) is 1.02. The van der Waals surface area contributed by atoms with Gasteiger partial charge in [0.1, 0.15) is 5.84 Å². The number of anilines is 2. The van der Waals surface area contributed by atoms with E-state index in [4.69, 9.17) is 9.73 Å². The Balaban J connectivity index is 1.60. The molecule has 0 saturated carbocycles. The summed E-state index contributed by atoms with van der Waals surface area (Å²) in [5, 5.41) is 7.37. The van der Waals surface area contributed by atoms with Crippen molar-refractivity contribution in [3.8, 4) is 0 Å². The molecule has 1 fully saturated rings. The van der Waals surface area contributed by atoms with E-state index in [-0.39, 0.29) is 5.54 Å². The molecule has 1 spiro atoms. The number of fused-ring (bicyclic) bond motifs is 1. The fraction of sp³-hybridized carbons (Fsp3) is 0.381. The van der Waals surface area contributed by atoms with E-state index in [0.717, 1.165) is 49.8 Å². The van der Waals surface area contributed by atoms with Crippen molar-refractivity contribution in [2.24, 2.45) is 4.99 Å². The van der Waals surface area contributed by atoms with Gasteiger partial charge in [-0.15, -0.1) is 0 Å². The topological polar surface area (TPSA) is 48.9 Å². The van der Waals surface area contributed by atoms with Crippen LogP contribution in [0.25, 0.3) is 0 Å².